The average molecular weight is 310 g/mol. The number of aromatic nitrogens is 1. The number of ether oxygens (including phenoxy) is 1. The van der Waals surface area contributed by atoms with Crippen LogP contribution in [0.15, 0.2) is 23.9 Å². The van der Waals surface area contributed by atoms with E-state index in [9.17, 15) is 0 Å². The highest BCUT2D eigenvalue weighted by molar-refractivity contribution is 6.33. The van der Waals surface area contributed by atoms with Gasteiger partial charge in [0.15, 0.2) is 0 Å². The van der Waals surface area contributed by atoms with Gasteiger partial charge in [0.1, 0.15) is 5.82 Å². The minimum absolute atomic E-state index is 0.719. The van der Waals surface area contributed by atoms with Crippen molar-refractivity contribution in [2.75, 3.05) is 38.3 Å². The maximum Gasteiger partial charge on any atom is 0.147 e. The maximum absolute atomic E-state index is 6.40. The smallest absolute Gasteiger partial charge is 0.147 e. The van der Waals surface area contributed by atoms with Gasteiger partial charge in [-0.1, -0.05) is 24.6 Å². The summed E-state index contributed by atoms with van der Waals surface area (Å²) < 4.78 is 5.17. The monoisotopic (exact) mass is 309 g/mol. The predicted octanol–water partition coefficient (Wildman–Crippen LogP) is 3.02. The summed E-state index contributed by atoms with van der Waals surface area (Å²) in [5, 5.41) is 4.09. The topological polar surface area (TPSA) is 37.4 Å². The van der Waals surface area contributed by atoms with E-state index in [2.05, 4.69) is 28.2 Å². The van der Waals surface area contributed by atoms with Crippen molar-refractivity contribution in [3.63, 3.8) is 0 Å². The maximum atomic E-state index is 6.40. The molecule has 0 fully saturated rings. The van der Waals surface area contributed by atoms with Crippen LogP contribution < -0.4 is 10.2 Å². The Hall–Kier alpha value is -1.10. The number of rotatable bonds is 7. The van der Waals surface area contributed by atoms with E-state index < -0.39 is 0 Å². The van der Waals surface area contributed by atoms with Crippen molar-refractivity contribution in [2.45, 2.75) is 26.3 Å². The Kier molecular flexibility index (Phi) is 6.49. The van der Waals surface area contributed by atoms with Crippen molar-refractivity contribution in [2.24, 2.45) is 0 Å². The quantitative estimate of drug-likeness (QED) is 0.620. The summed E-state index contributed by atoms with van der Waals surface area (Å²) >= 11 is 6.40. The lowest BCUT2D eigenvalue weighted by Gasteiger charge is -2.28. The summed E-state index contributed by atoms with van der Waals surface area (Å²) in [7, 11) is 1.73. The lowest BCUT2D eigenvalue weighted by molar-refractivity contribution is 0.222. The summed E-state index contributed by atoms with van der Waals surface area (Å²) in [6.07, 6.45) is 6.26. The molecule has 0 bridgehead atoms. The molecule has 2 heterocycles. The third-order valence-corrected chi connectivity index (χ3v) is 3.84. The molecule has 0 aliphatic carbocycles. The zero-order valence-electron chi connectivity index (χ0n) is 12.9. The number of pyridine rings is 1. The van der Waals surface area contributed by atoms with E-state index >= 15 is 0 Å². The number of halogens is 1. The lowest BCUT2D eigenvalue weighted by atomic mass is 10.1. The first-order valence-electron chi connectivity index (χ1n) is 7.51. The molecule has 21 heavy (non-hydrogen) atoms. The third-order valence-electron chi connectivity index (χ3n) is 3.57. The van der Waals surface area contributed by atoms with Gasteiger partial charge in [0, 0.05) is 32.9 Å². The van der Waals surface area contributed by atoms with E-state index in [1.807, 2.05) is 12.3 Å². The number of nitrogens with zero attached hydrogens (tertiary/aromatic N) is 2. The standard InChI is InChI=1S/C16H24ClN3O/c1-3-6-18-10-14-9-15(17)16(19-11-14)20-7-4-13(5-8-20)12-21-2/h4,9,11,18H,3,5-8,10,12H2,1-2H3. The fourth-order valence-corrected chi connectivity index (χ4v) is 2.74. The van der Waals surface area contributed by atoms with Crippen LogP contribution in [0.5, 0.6) is 0 Å². The van der Waals surface area contributed by atoms with Crippen molar-refractivity contribution >= 4 is 17.4 Å². The second kappa shape index (κ2) is 8.37. The van der Waals surface area contributed by atoms with Crippen LogP contribution in [-0.2, 0) is 11.3 Å². The van der Waals surface area contributed by atoms with Gasteiger partial charge in [-0.3, -0.25) is 0 Å². The second-order valence-electron chi connectivity index (χ2n) is 5.32. The van der Waals surface area contributed by atoms with Crippen molar-refractivity contribution in [3.8, 4) is 0 Å². The minimum Gasteiger partial charge on any atom is -0.380 e. The molecule has 0 atom stereocenters. The van der Waals surface area contributed by atoms with Crippen LogP contribution in [0.4, 0.5) is 5.82 Å². The number of methoxy groups -OCH3 is 1. The van der Waals surface area contributed by atoms with Crippen LogP contribution in [0.2, 0.25) is 5.02 Å². The molecule has 0 saturated carbocycles. The molecule has 1 aliphatic heterocycles. The van der Waals surface area contributed by atoms with Crippen LogP contribution in [0, 0.1) is 0 Å². The molecule has 116 valence electrons. The highest BCUT2D eigenvalue weighted by atomic mass is 35.5. The Morgan fingerprint density at radius 1 is 1.48 bits per heavy atom. The van der Waals surface area contributed by atoms with Crippen molar-refractivity contribution in [1.29, 1.82) is 0 Å². The molecule has 1 aromatic rings. The van der Waals surface area contributed by atoms with Gasteiger partial charge in [0.05, 0.1) is 11.6 Å². The summed E-state index contributed by atoms with van der Waals surface area (Å²) in [5.41, 5.74) is 2.48. The van der Waals surface area contributed by atoms with Gasteiger partial charge in [0.25, 0.3) is 0 Å². The van der Waals surface area contributed by atoms with E-state index in [0.29, 0.717) is 0 Å². The number of hydrogen-bond donors (Lipinski definition) is 1. The predicted molar refractivity (Wildman–Crippen MR) is 88.0 cm³/mol. The second-order valence-corrected chi connectivity index (χ2v) is 5.72. The van der Waals surface area contributed by atoms with Gasteiger partial charge in [-0.15, -0.1) is 0 Å². The highest BCUT2D eigenvalue weighted by Gasteiger charge is 2.16. The number of anilines is 1. The van der Waals surface area contributed by atoms with Crippen LogP contribution in [0.25, 0.3) is 0 Å². The van der Waals surface area contributed by atoms with Gasteiger partial charge in [-0.25, -0.2) is 4.98 Å². The molecule has 0 amide bonds. The van der Waals surface area contributed by atoms with E-state index in [1.54, 1.807) is 7.11 Å². The SMILES string of the molecule is CCCNCc1cnc(N2CC=C(COC)CC2)c(Cl)c1. The Labute approximate surface area is 132 Å². The van der Waals surface area contributed by atoms with E-state index in [1.165, 1.54) is 5.57 Å². The molecule has 0 saturated heterocycles. The highest BCUT2D eigenvalue weighted by Crippen LogP contribution is 2.26. The molecule has 1 aliphatic rings. The Bertz CT molecular complexity index is 490. The molecular weight excluding hydrogens is 286 g/mol. The Balaban J connectivity index is 1.98. The summed E-state index contributed by atoms with van der Waals surface area (Å²) in [6.45, 7) is 6.49. The molecule has 1 N–H and O–H groups in total. The first kappa shape index (κ1) is 16.3. The molecule has 0 unspecified atom stereocenters. The normalized spacial score (nSPS) is 15.2. The van der Waals surface area contributed by atoms with Crippen LogP contribution in [0.1, 0.15) is 25.3 Å². The molecule has 5 heteroatoms. The molecule has 0 aromatic carbocycles. The summed E-state index contributed by atoms with van der Waals surface area (Å²) in [6, 6.07) is 2.01. The minimum atomic E-state index is 0.719. The van der Waals surface area contributed by atoms with Gasteiger partial charge in [-0.2, -0.15) is 0 Å². The van der Waals surface area contributed by atoms with Gasteiger partial charge in [0.2, 0.25) is 0 Å². The molecule has 0 radical (unpaired) electrons. The summed E-state index contributed by atoms with van der Waals surface area (Å²) in [5.74, 6) is 0.878. The van der Waals surface area contributed by atoms with Crippen molar-refractivity contribution in [1.82, 2.24) is 10.3 Å². The van der Waals surface area contributed by atoms with Crippen molar-refractivity contribution in [3.05, 3.63) is 34.5 Å². The van der Waals surface area contributed by atoms with Gasteiger partial charge >= 0.3 is 0 Å². The largest absolute Gasteiger partial charge is 0.380 e. The van der Waals surface area contributed by atoms with Crippen LogP contribution >= 0.6 is 11.6 Å². The third kappa shape index (κ3) is 4.70. The van der Waals surface area contributed by atoms with Crippen molar-refractivity contribution < 1.29 is 4.74 Å². The van der Waals surface area contributed by atoms with Crippen LogP contribution in [-0.4, -0.2) is 38.3 Å². The molecule has 0 spiro atoms. The Morgan fingerprint density at radius 2 is 2.33 bits per heavy atom. The zero-order chi connectivity index (χ0) is 15.1. The molecular formula is C16H24ClN3O. The van der Waals surface area contributed by atoms with E-state index in [-0.39, 0.29) is 0 Å². The molecule has 2 rings (SSSR count). The van der Waals surface area contributed by atoms with Gasteiger partial charge in [-0.05, 0) is 36.6 Å². The van der Waals surface area contributed by atoms with Gasteiger partial charge < -0.3 is 15.0 Å². The average Bonchev–Trinajstić information content (AvgIpc) is 2.49. The first-order valence-corrected chi connectivity index (χ1v) is 7.89. The Morgan fingerprint density at radius 3 is 2.95 bits per heavy atom. The van der Waals surface area contributed by atoms with E-state index in [0.717, 1.165) is 62.0 Å². The number of nitrogens with one attached hydrogen (secondary N) is 1. The molecule has 1 aromatic heterocycles. The lowest BCUT2D eigenvalue weighted by Crippen LogP contribution is -2.30. The first-order chi connectivity index (χ1) is 10.2. The zero-order valence-corrected chi connectivity index (χ0v) is 13.6. The number of hydrogen-bond acceptors (Lipinski definition) is 4. The van der Waals surface area contributed by atoms with E-state index in [4.69, 9.17) is 16.3 Å². The summed E-state index contributed by atoms with van der Waals surface area (Å²) in [4.78, 5) is 6.76. The molecule has 4 nitrogen and oxygen atoms in total. The fourth-order valence-electron chi connectivity index (χ4n) is 2.43. The fraction of sp³-hybridized carbons (Fsp3) is 0.562. The van der Waals surface area contributed by atoms with Crippen LogP contribution in [0.3, 0.4) is 0 Å².